The molecule has 1 aliphatic heterocycles. The van der Waals surface area contributed by atoms with Crippen LogP contribution in [0.4, 0.5) is 0 Å². The van der Waals surface area contributed by atoms with Crippen LogP contribution in [0.15, 0.2) is 35.7 Å². The maximum atomic E-state index is 13.7. The lowest BCUT2D eigenvalue weighted by Crippen LogP contribution is -2.49. The zero-order valence-corrected chi connectivity index (χ0v) is 22.0. The second kappa shape index (κ2) is 10.9. The van der Waals surface area contributed by atoms with Crippen LogP contribution in [0.3, 0.4) is 0 Å². The topological polar surface area (TPSA) is 40.6 Å². The van der Waals surface area contributed by atoms with Gasteiger partial charge in [0, 0.05) is 23.9 Å². The minimum absolute atomic E-state index is 0.0434. The van der Waals surface area contributed by atoms with Gasteiger partial charge in [0.05, 0.1) is 6.04 Å². The van der Waals surface area contributed by atoms with Crippen molar-refractivity contribution in [2.45, 2.75) is 91.1 Å². The third-order valence-corrected chi connectivity index (χ3v) is 7.87. The maximum Gasteiger partial charge on any atom is 0.243 e. The number of carbonyl (C=O) groups excluding carboxylic acids is 2. The lowest BCUT2D eigenvalue weighted by molar-refractivity contribution is -0.143. The van der Waals surface area contributed by atoms with Crippen molar-refractivity contribution in [2.24, 2.45) is 0 Å². The third kappa shape index (κ3) is 5.87. The van der Waals surface area contributed by atoms with Gasteiger partial charge in [0.1, 0.15) is 6.54 Å². The van der Waals surface area contributed by atoms with Gasteiger partial charge in [-0.1, -0.05) is 65.3 Å². The molecule has 1 aliphatic rings. The molecule has 0 aliphatic carbocycles. The van der Waals surface area contributed by atoms with Gasteiger partial charge < -0.3 is 9.80 Å². The van der Waals surface area contributed by atoms with Gasteiger partial charge in [-0.05, 0) is 59.7 Å². The average Bonchev–Trinajstić information content (AvgIpc) is 3.28. The van der Waals surface area contributed by atoms with E-state index >= 15 is 0 Å². The SMILES string of the molecule is CCCCC(=O)N(CC(=O)N1CCc2sccc2C1c1ccc(C(C)(C)C)cc1)C(C)CC. The molecular weight excluding hydrogens is 428 g/mol. The highest BCUT2D eigenvalue weighted by Gasteiger charge is 2.34. The number of benzene rings is 1. The Labute approximate surface area is 204 Å². The van der Waals surface area contributed by atoms with E-state index < -0.39 is 0 Å². The van der Waals surface area contributed by atoms with Crippen molar-refractivity contribution < 1.29 is 9.59 Å². The highest BCUT2D eigenvalue weighted by Crippen LogP contribution is 2.38. The molecule has 0 bridgehead atoms. The Hall–Kier alpha value is -2.14. The largest absolute Gasteiger partial charge is 0.331 e. The second-order valence-electron chi connectivity index (χ2n) is 10.3. The van der Waals surface area contributed by atoms with Crippen molar-refractivity contribution in [3.8, 4) is 0 Å². The summed E-state index contributed by atoms with van der Waals surface area (Å²) in [5.74, 6) is 0.140. The fraction of sp³-hybridized carbons (Fsp3) is 0.571. The molecule has 2 atom stereocenters. The maximum absolute atomic E-state index is 13.7. The van der Waals surface area contributed by atoms with Crippen molar-refractivity contribution in [3.05, 3.63) is 57.3 Å². The lowest BCUT2D eigenvalue weighted by Gasteiger charge is -2.38. The minimum atomic E-state index is -0.0916. The van der Waals surface area contributed by atoms with Crippen LogP contribution in [0.5, 0.6) is 0 Å². The first kappa shape index (κ1) is 25.5. The number of nitrogens with zero attached hydrogens (tertiary/aromatic N) is 2. The van der Waals surface area contributed by atoms with Crippen LogP contribution in [-0.4, -0.2) is 40.7 Å². The Balaban J connectivity index is 1.89. The van der Waals surface area contributed by atoms with E-state index in [0.717, 1.165) is 31.2 Å². The number of rotatable bonds is 8. The van der Waals surface area contributed by atoms with E-state index in [0.29, 0.717) is 13.0 Å². The first-order chi connectivity index (χ1) is 15.7. The van der Waals surface area contributed by atoms with Gasteiger partial charge in [-0.15, -0.1) is 11.3 Å². The van der Waals surface area contributed by atoms with Gasteiger partial charge in [-0.2, -0.15) is 0 Å². The van der Waals surface area contributed by atoms with E-state index in [4.69, 9.17) is 0 Å². The number of hydrogen-bond donors (Lipinski definition) is 0. The summed E-state index contributed by atoms with van der Waals surface area (Å²) in [7, 11) is 0. The molecule has 2 heterocycles. The summed E-state index contributed by atoms with van der Waals surface area (Å²) in [4.78, 5) is 31.8. The number of amides is 2. The van der Waals surface area contributed by atoms with E-state index in [1.807, 2.05) is 11.8 Å². The van der Waals surface area contributed by atoms with Crippen LogP contribution in [0, 0.1) is 0 Å². The summed E-state index contributed by atoms with van der Waals surface area (Å²) in [6, 6.07) is 10.9. The molecule has 5 heteroatoms. The Kier molecular flexibility index (Phi) is 8.38. The molecule has 33 heavy (non-hydrogen) atoms. The van der Waals surface area contributed by atoms with Gasteiger partial charge in [-0.3, -0.25) is 9.59 Å². The summed E-state index contributed by atoms with van der Waals surface area (Å²) in [6.07, 6.45) is 4.08. The van der Waals surface area contributed by atoms with E-state index in [1.165, 1.54) is 16.0 Å². The number of hydrogen-bond acceptors (Lipinski definition) is 3. The van der Waals surface area contributed by atoms with E-state index in [9.17, 15) is 9.59 Å². The summed E-state index contributed by atoms with van der Waals surface area (Å²) >= 11 is 1.78. The van der Waals surface area contributed by atoms with Crippen molar-refractivity contribution in [1.29, 1.82) is 0 Å². The fourth-order valence-electron chi connectivity index (χ4n) is 4.53. The predicted octanol–water partition coefficient (Wildman–Crippen LogP) is 6.34. The number of thiophene rings is 1. The van der Waals surface area contributed by atoms with Gasteiger partial charge in [0.2, 0.25) is 11.8 Å². The molecule has 0 saturated carbocycles. The van der Waals surface area contributed by atoms with Crippen LogP contribution in [0.2, 0.25) is 0 Å². The Morgan fingerprint density at radius 3 is 2.45 bits per heavy atom. The zero-order chi connectivity index (χ0) is 24.2. The van der Waals surface area contributed by atoms with Crippen molar-refractivity contribution in [1.82, 2.24) is 9.80 Å². The summed E-state index contributed by atoms with van der Waals surface area (Å²) in [5, 5.41) is 2.13. The fourth-order valence-corrected chi connectivity index (χ4v) is 5.43. The van der Waals surface area contributed by atoms with Crippen LogP contribution in [0.25, 0.3) is 0 Å². The molecule has 0 radical (unpaired) electrons. The van der Waals surface area contributed by atoms with Crippen LogP contribution in [0.1, 0.15) is 94.8 Å². The minimum Gasteiger partial charge on any atom is -0.331 e. The van der Waals surface area contributed by atoms with Gasteiger partial charge >= 0.3 is 0 Å². The number of unbranched alkanes of at least 4 members (excludes halogenated alkanes) is 1. The normalized spacial score (nSPS) is 16.9. The molecule has 3 rings (SSSR count). The molecule has 4 nitrogen and oxygen atoms in total. The Morgan fingerprint density at radius 2 is 1.85 bits per heavy atom. The molecule has 180 valence electrons. The molecule has 0 saturated heterocycles. The average molecular weight is 469 g/mol. The molecule has 0 fully saturated rings. The second-order valence-corrected chi connectivity index (χ2v) is 11.3. The van der Waals surface area contributed by atoms with Crippen molar-refractivity contribution >= 4 is 23.2 Å². The van der Waals surface area contributed by atoms with Crippen LogP contribution in [-0.2, 0) is 21.4 Å². The van der Waals surface area contributed by atoms with Crippen LogP contribution < -0.4 is 0 Å². The Morgan fingerprint density at radius 1 is 1.15 bits per heavy atom. The van der Waals surface area contributed by atoms with Crippen molar-refractivity contribution in [3.63, 3.8) is 0 Å². The monoisotopic (exact) mass is 468 g/mol. The first-order valence-electron chi connectivity index (χ1n) is 12.4. The molecule has 2 aromatic rings. The van der Waals surface area contributed by atoms with Crippen LogP contribution >= 0.6 is 11.3 Å². The third-order valence-electron chi connectivity index (χ3n) is 6.87. The van der Waals surface area contributed by atoms with E-state index in [1.54, 1.807) is 16.2 Å². The summed E-state index contributed by atoms with van der Waals surface area (Å²) < 4.78 is 0. The molecular formula is C28H40N2O2S. The Bertz CT molecular complexity index is 942. The number of fused-ring (bicyclic) bond motifs is 1. The predicted molar refractivity (Wildman–Crippen MR) is 138 cm³/mol. The van der Waals surface area contributed by atoms with Gasteiger partial charge in [0.25, 0.3) is 0 Å². The standard InChI is InChI=1S/C28H40N2O2S/c1-7-9-10-25(31)30(20(3)8-2)19-26(32)29-17-15-24-23(16-18-33-24)27(29)21-11-13-22(14-12-21)28(4,5)6/h11-14,16,18,20,27H,7-10,15,17,19H2,1-6H3. The highest BCUT2D eigenvalue weighted by molar-refractivity contribution is 7.10. The first-order valence-corrected chi connectivity index (χ1v) is 13.3. The molecule has 0 N–H and O–H groups in total. The molecule has 2 amide bonds. The lowest BCUT2D eigenvalue weighted by atomic mass is 9.85. The molecule has 0 spiro atoms. The molecule has 1 aromatic carbocycles. The molecule has 2 unspecified atom stereocenters. The van der Waals surface area contributed by atoms with E-state index in [2.05, 4.69) is 70.3 Å². The summed E-state index contributed by atoms with van der Waals surface area (Å²) in [6.45, 7) is 13.7. The van der Waals surface area contributed by atoms with E-state index in [-0.39, 0.29) is 35.9 Å². The van der Waals surface area contributed by atoms with Gasteiger partial charge in [0.15, 0.2) is 0 Å². The zero-order valence-electron chi connectivity index (χ0n) is 21.2. The van der Waals surface area contributed by atoms with Crippen molar-refractivity contribution in [2.75, 3.05) is 13.1 Å². The smallest absolute Gasteiger partial charge is 0.243 e. The summed E-state index contributed by atoms with van der Waals surface area (Å²) in [5.41, 5.74) is 3.75. The molecule has 1 aromatic heterocycles. The van der Waals surface area contributed by atoms with Gasteiger partial charge in [-0.25, -0.2) is 0 Å². The number of carbonyl (C=O) groups is 2. The quantitative estimate of drug-likeness (QED) is 0.454. The highest BCUT2D eigenvalue weighted by atomic mass is 32.1.